The van der Waals surface area contributed by atoms with Crippen LogP contribution in [0.1, 0.15) is 12.8 Å². The molecule has 6 nitrogen and oxygen atoms in total. The number of aliphatic hydroxyl groups is 4. The first-order valence-electron chi connectivity index (χ1n) is 3.08. The van der Waals surface area contributed by atoms with E-state index in [0.717, 1.165) is 5.37 Å². The third-order valence-electron chi connectivity index (χ3n) is 1.18. The van der Waals surface area contributed by atoms with Crippen molar-refractivity contribution >= 4 is 15.7 Å². The zero-order valence-corrected chi connectivity index (χ0v) is 6.90. The van der Waals surface area contributed by atoms with Crippen molar-refractivity contribution in [3.05, 3.63) is 0 Å². The monoisotopic (exact) mass is 198 g/mol. The summed E-state index contributed by atoms with van der Waals surface area (Å²) >= 11 is 0. The van der Waals surface area contributed by atoms with Crippen molar-refractivity contribution in [2.24, 2.45) is 0 Å². The van der Waals surface area contributed by atoms with E-state index >= 15 is 0 Å². The van der Waals surface area contributed by atoms with Crippen LogP contribution in [0.15, 0.2) is 0 Å². The fourth-order valence-electron chi connectivity index (χ4n) is 0.497. The Bertz CT molecular complexity index is 243. The molecule has 0 aromatic rings. The molecule has 0 saturated carbocycles. The summed E-state index contributed by atoms with van der Waals surface area (Å²) in [6, 6.07) is 0. The van der Waals surface area contributed by atoms with Crippen LogP contribution >= 0.6 is 0 Å². The molecule has 0 aromatic carbocycles. The van der Waals surface area contributed by atoms with Gasteiger partial charge in [-0.3, -0.25) is 0 Å². The third-order valence-corrected chi connectivity index (χ3v) is 1.69. The van der Waals surface area contributed by atoms with Crippen molar-refractivity contribution in [3.8, 4) is 0 Å². The second-order valence-electron chi connectivity index (χ2n) is 2.22. The van der Waals surface area contributed by atoms with E-state index in [4.69, 9.17) is 20.4 Å². The Morgan fingerprint density at radius 3 is 2.17 bits per heavy atom. The molecular formula is C5H10O6S. The smallest absolute Gasteiger partial charge is 0.215 e. The van der Waals surface area contributed by atoms with E-state index in [9.17, 15) is 8.42 Å². The molecule has 0 aliphatic rings. The van der Waals surface area contributed by atoms with Crippen LogP contribution in [0.4, 0.5) is 0 Å². The molecule has 0 aliphatic carbocycles. The molecular weight excluding hydrogens is 188 g/mol. The lowest BCUT2D eigenvalue weighted by atomic mass is 10.1. The highest BCUT2D eigenvalue weighted by molar-refractivity contribution is 7.71. The second kappa shape index (κ2) is 4.53. The largest absolute Gasteiger partial charge is 0.364 e. The Morgan fingerprint density at radius 2 is 1.83 bits per heavy atom. The van der Waals surface area contributed by atoms with Crippen molar-refractivity contribution in [2.75, 3.05) is 0 Å². The van der Waals surface area contributed by atoms with E-state index < -0.39 is 28.8 Å². The Kier molecular flexibility index (Phi) is 4.35. The van der Waals surface area contributed by atoms with Gasteiger partial charge < -0.3 is 20.4 Å². The normalized spacial score (nSPS) is 11.8. The van der Waals surface area contributed by atoms with Crippen LogP contribution in [-0.4, -0.2) is 46.3 Å². The highest BCUT2D eigenvalue weighted by atomic mass is 32.2. The summed E-state index contributed by atoms with van der Waals surface area (Å²) < 4.78 is 19.8. The van der Waals surface area contributed by atoms with Gasteiger partial charge in [0.15, 0.2) is 0 Å². The van der Waals surface area contributed by atoms with Crippen molar-refractivity contribution in [3.63, 3.8) is 0 Å². The molecule has 7 heteroatoms. The summed E-state index contributed by atoms with van der Waals surface area (Å²) in [5.41, 5.74) is 0. The summed E-state index contributed by atoms with van der Waals surface area (Å²) in [5.74, 6) is -2.66. The van der Waals surface area contributed by atoms with E-state index in [-0.39, 0.29) is 6.42 Å². The van der Waals surface area contributed by atoms with Gasteiger partial charge in [0, 0.05) is 11.8 Å². The average molecular weight is 198 g/mol. The fourth-order valence-corrected chi connectivity index (χ4v) is 0.807. The van der Waals surface area contributed by atoms with Gasteiger partial charge in [-0.2, -0.15) is 8.42 Å². The Balaban J connectivity index is 4.01. The topological polar surface area (TPSA) is 115 Å². The van der Waals surface area contributed by atoms with Crippen molar-refractivity contribution in [1.82, 2.24) is 0 Å². The standard InChI is InChI=1S/C5H10O6S/c6-4(7)5(8,9)2-1-3-12(10)11/h3-4,6-9H,1-2H2. The molecule has 0 fully saturated rings. The van der Waals surface area contributed by atoms with Crippen LogP contribution < -0.4 is 0 Å². The molecule has 0 heterocycles. The zero-order valence-electron chi connectivity index (χ0n) is 6.08. The summed E-state index contributed by atoms with van der Waals surface area (Å²) in [7, 11) is -2.37. The van der Waals surface area contributed by atoms with Crippen LogP contribution in [0.3, 0.4) is 0 Å². The highest BCUT2D eigenvalue weighted by Gasteiger charge is 2.30. The van der Waals surface area contributed by atoms with Crippen molar-refractivity contribution in [2.45, 2.75) is 24.9 Å². The van der Waals surface area contributed by atoms with Crippen LogP contribution in [0.25, 0.3) is 0 Å². The lowest BCUT2D eigenvalue weighted by Crippen LogP contribution is -2.41. The van der Waals surface area contributed by atoms with Gasteiger partial charge in [-0.25, -0.2) is 0 Å². The predicted molar refractivity (Wildman–Crippen MR) is 39.6 cm³/mol. The molecule has 0 aliphatic heterocycles. The maximum Gasteiger partial charge on any atom is 0.215 e. The number of rotatable bonds is 4. The molecule has 0 aromatic heterocycles. The highest BCUT2D eigenvalue weighted by Crippen LogP contribution is 2.10. The van der Waals surface area contributed by atoms with Gasteiger partial charge in [-0.1, -0.05) is 0 Å². The Hall–Kier alpha value is -0.470. The molecule has 0 bridgehead atoms. The van der Waals surface area contributed by atoms with Gasteiger partial charge in [0.2, 0.25) is 22.4 Å². The van der Waals surface area contributed by atoms with Crippen LogP contribution in [0.5, 0.6) is 0 Å². The van der Waals surface area contributed by atoms with Gasteiger partial charge in [0.05, 0.1) is 0 Å². The molecule has 0 saturated heterocycles. The first kappa shape index (κ1) is 11.5. The molecule has 12 heavy (non-hydrogen) atoms. The van der Waals surface area contributed by atoms with Gasteiger partial charge in [0.25, 0.3) is 0 Å². The minimum absolute atomic E-state index is 0.166. The summed E-state index contributed by atoms with van der Waals surface area (Å²) in [5, 5.41) is 34.9. The predicted octanol–water partition coefficient (Wildman–Crippen LogP) is -2.56. The zero-order chi connectivity index (χ0) is 9.78. The molecule has 0 amide bonds. The maximum atomic E-state index is 9.91. The second-order valence-corrected chi connectivity index (χ2v) is 3.07. The number of hydrogen-bond acceptors (Lipinski definition) is 6. The molecule has 4 N–H and O–H groups in total. The molecule has 0 unspecified atom stereocenters. The maximum absolute atomic E-state index is 9.91. The number of hydrogen-bond donors (Lipinski definition) is 4. The first-order chi connectivity index (χ1) is 5.36. The third kappa shape index (κ3) is 4.42. The summed E-state index contributed by atoms with van der Waals surface area (Å²) in [4.78, 5) is 0. The SMILES string of the molecule is O=S(=O)=CCCC(O)(O)C(O)O. The minimum atomic E-state index is -2.66. The van der Waals surface area contributed by atoms with Crippen molar-refractivity contribution in [1.29, 1.82) is 0 Å². The average Bonchev–Trinajstić information content (AvgIpc) is 1.85. The first-order valence-corrected chi connectivity index (χ1v) is 4.22. The quantitative estimate of drug-likeness (QED) is 0.292. The Labute approximate surface area is 70.2 Å². The molecule has 72 valence electrons. The van der Waals surface area contributed by atoms with Gasteiger partial charge in [0.1, 0.15) is 0 Å². The lowest BCUT2D eigenvalue weighted by molar-refractivity contribution is -0.290. The Morgan fingerprint density at radius 1 is 1.33 bits per heavy atom. The summed E-state index contributed by atoms with van der Waals surface area (Å²) in [6.45, 7) is 0. The van der Waals surface area contributed by atoms with Crippen LogP contribution in [-0.2, 0) is 10.3 Å². The van der Waals surface area contributed by atoms with Gasteiger partial charge in [-0.05, 0) is 6.42 Å². The van der Waals surface area contributed by atoms with E-state index in [1.54, 1.807) is 0 Å². The lowest BCUT2D eigenvalue weighted by Gasteiger charge is -2.22. The molecule has 0 spiro atoms. The van der Waals surface area contributed by atoms with E-state index in [1.807, 2.05) is 0 Å². The molecule has 0 atom stereocenters. The van der Waals surface area contributed by atoms with E-state index in [1.165, 1.54) is 0 Å². The molecule has 0 rings (SSSR count). The van der Waals surface area contributed by atoms with Crippen LogP contribution in [0.2, 0.25) is 0 Å². The molecule has 0 radical (unpaired) electrons. The van der Waals surface area contributed by atoms with Gasteiger partial charge in [-0.15, -0.1) is 0 Å². The minimum Gasteiger partial charge on any atom is -0.364 e. The number of aliphatic hydroxyl groups excluding tert-OH is 1. The fraction of sp³-hybridized carbons (Fsp3) is 0.800. The van der Waals surface area contributed by atoms with Crippen LogP contribution in [0, 0.1) is 0 Å². The van der Waals surface area contributed by atoms with Crippen molar-refractivity contribution < 1.29 is 28.8 Å². The van der Waals surface area contributed by atoms with Gasteiger partial charge >= 0.3 is 0 Å². The van der Waals surface area contributed by atoms with E-state index in [2.05, 4.69) is 0 Å². The van der Waals surface area contributed by atoms with E-state index in [0.29, 0.717) is 0 Å². The summed E-state index contributed by atoms with van der Waals surface area (Å²) in [6.07, 6.45) is -2.93.